The molecule has 10 heteroatoms. The molecule has 0 amide bonds. The number of ether oxygens (including phenoxy) is 4. The molecule has 0 saturated carbocycles. The van der Waals surface area contributed by atoms with E-state index in [1.54, 1.807) is 0 Å². The Labute approximate surface area is 495 Å². The predicted molar refractivity (Wildman–Crippen MR) is 335 cm³/mol. The molecule has 4 atom stereocenters. The second-order valence-corrected chi connectivity index (χ2v) is 24.4. The Morgan fingerprint density at radius 1 is 0.237 bits per heavy atom. The summed E-state index contributed by atoms with van der Waals surface area (Å²) in [5.41, 5.74) is 0. The first-order valence-corrected chi connectivity index (χ1v) is 35.3. The standard InChI is InChI=1S/C70H134O10/c1-5-9-13-17-21-25-29-33-37-41-45-49-53-57-65(71)77-61-63(79-67(73)59-55-51-47-43-39-35-31-27-23-19-15-11-7-3)69(75)70(76)64(80-68(74)60-56-52-48-44-40-36-32-28-24-20-16-12-8-4)62-78-66(72)58-54-50-46-42-38-34-30-26-22-18-14-10-6-2/h63-64,69-70,75-76H,5-62H2,1-4H3/t63-,64-,69-,70-/m1/s1. The first kappa shape index (κ1) is 77.8. The van der Waals surface area contributed by atoms with Crippen LogP contribution in [-0.2, 0) is 38.1 Å². The Hall–Kier alpha value is -2.20. The van der Waals surface area contributed by atoms with E-state index < -0.39 is 61.5 Å². The largest absolute Gasteiger partial charge is 0.462 e. The average molecular weight is 1140 g/mol. The fourth-order valence-corrected chi connectivity index (χ4v) is 10.9. The Kier molecular flexibility index (Phi) is 61.1. The fourth-order valence-electron chi connectivity index (χ4n) is 10.9. The SMILES string of the molecule is CCCCCCCCCCCCCCCC(=O)OC[C@@H](OC(=O)CCCCCCCCCCCCCCC)[C@@H](O)[C@H](O)[C@@H](COC(=O)CCCCCCCCCCCCCCC)OC(=O)CCCCCCCCCCCCCCC. The molecule has 0 aromatic heterocycles. The summed E-state index contributed by atoms with van der Waals surface area (Å²) in [5, 5.41) is 23.5. The van der Waals surface area contributed by atoms with Gasteiger partial charge in [-0.25, -0.2) is 0 Å². The minimum atomic E-state index is -1.79. The lowest BCUT2D eigenvalue weighted by Crippen LogP contribution is -2.51. The van der Waals surface area contributed by atoms with Crippen LogP contribution < -0.4 is 0 Å². The summed E-state index contributed by atoms with van der Waals surface area (Å²) in [6.07, 6.45) is 55.8. The zero-order valence-electron chi connectivity index (χ0n) is 53.5. The molecule has 0 aromatic rings. The summed E-state index contributed by atoms with van der Waals surface area (Å²) in [4.78, 5) is 52.8. The zero-order chi connectivity index (χ0) is 58.5. The number of hydrogen-bond donors (Lipinski definition) is 2. The number of carbonyl (C=O) groups excluding carboxylic acids is 4. The van der Waals surface area contributed by atoms with Gasteiger partial charge in [0.2, 0.25) is 0 Å². The highest BCUT2D eigenvalue weighted by Crippen LogP contribution is 2.21. The summed E-state index contributed by atoms with van der Waals surface area (Å²) in [6.45, 7) is 8.08. The number of rotatable bonds is 65. The molecule has 0 unspecified atom stereocenters. The van der Waals surface area contributed by atoms with E-state index in [9.17, 15) is 29.4 Å². The summed E-state index contributed by atoms with van der Waals surface area (Å²) in [6, 6.07) is 0. The molecule has 0 heterocycles. The molecule has 10 nitrogen and oxygen atoms in total. The normalized spacial score (nSPS) is 13.0. The minimum Gasteiger partial charge on any atom is -0.462 e. The van der Waals surface area contributed by atoms with Crippen molar-refractivity contribution < 1.29 is 48.3 Å². The third-order valence-corrected chi connectivity index (χ3v) is 16.4. The third-order valence-electron chi connectivity index (χ3n) is 16.4. The number of aliphatic hydroxyl groups is 2. The van der Waals surface area contributed by atoms with Crippen LogP contribution >= 0.6 is 0 Å². The number of esters is 4. The van der Waals surface area contributed by atoms with Gasteiger partial charge in [-0.2, -0.15) is 0 Å². The van der Waals surface area contributed by atoms with E-state index in [2.05, 4.69) is 27.7 Å². The maximum Gasteiger partial charge on any atom is 0.306 e. The second-order valence-electron chi connectivity index (χ2n) is 24.4. The predicted octanol–water partition coefficient (Wildman–Crippen LogP) is 20.5. The van der Waals surface area contributed by atoms with Gasteiger partial charge in [-0.1, -0.05) is 336 Å². The number of hydrogen-bond acceptors (Lipinski definition) is 10. The van der Waals surface area contributed by atoms with E-state index >= 15 is 0 Å². The van der Waals surface area contributed by atoms with Crippen LogP contribution in [0.5, 0.6) is 0 Å². The lowest BCUT2D eigenvalue weighted by atomic mass is 10.0. The van der Waals surface area contributed by atoms with Crippen molar-refractivity contribution in [1.29, 1.82) is 0 Å². The number of unbranched alkanes of at least 4 members (excludes halogenated alkanes) is 48. The molecular formula is C70H134O10. The maximum atomic E-state index is 13.4. The maximum absolute atomic E-state index is 13.4. The molecular weight excluding hydrogens is 1000 g/mol. The molecule has 0 aliphatic heterocycles. The van der Waals surface area contributed by atoms with Gasteiger partial charge in [0.05, 0.1) is 0 Å². The lowest BCUT2D eigenvalue weighted by Gasteiger charge is -2.31. The van der Waals surface area contributed by atoms with Crippen LogP contribution in [0, 0.1) is 0 Å². The van der Waals surface area contributed by atoms with Gasteiger partial charge >= 0.3 is 23.9 Å². The Balaban J connectivity index is 5.50. The van der Waals surface area contributed by atoms with Crippen LogP contribution in [0.1, 0.15) is 387 Å². The summed E-state index contributed by atoms with van der Waals surface area (Å²) in [5.74, 6) is -2.04. The van der Waals surface area contributed by atoms with Crippen molar-refractivity contribution in [3.05, 3.63) is 0 Å². The highest BCUT2D eigenvalue weighted by molar-refractivity contribution is 5.71. The molecule has 0 fully saturated rings. The molecule has 0 rings (SSSR count). The zero-order valence-corrected chi connectivity index (χ0v) is 53.5. The molecule has 0 saturated heterocycles. The summed E-state index contributed by atoms with van der Waals surface area (Å²) < 4.78 is 22.9. The number of aliphatic hydroxyl groups excluding tert-OH is 2. The van der Waals surface area contributed by atoms with Crippen LogP contribution in [0.3, 0.4) is 0 Å². The van der Waals surface area contributed by atoms with E-state index in [1.807, 2.05) is 0 Å². The first-order chi connectivity index (χ1) is 39.2. The second kappa shape index (κ2) is 62.8. The molecule has 0 spiro atoms. The third kappa shape index (κ3) is 55.0. The Morgan fingerprint density at radius 3 is 0.562 bits per heavy atom. The van der Waals surface area contributed by atoms with Gasteiger partial charge in [0.25, 0.3) is 0 Å². The van der Waals surface area contributed by atoms with E-state index in [0.717, 1.165) is 77.0 Å². The van der Waals surface area contributed by atoms with Crippen LogP contribution in [0.2, 0.25) is 0 Å². The van der Waals surface area contributed by atoms with Crippen LogP contribution in [0.25, 0.3) is 0 Å². The van der Waals surface area contributed by atoms with Crippen LogP contribution in [-0.4, -0.2) is 71.7 Å². The Morgan fingerprint density at radius 2 is 0.388 bits per heavy atom. The van der Waals surface area contributed by atoms with Gasteiger partial charge in [0, 0.05) is 25.7 Å². The molecule has 80 heavy (non-hydrogen) atoms. The van der Waals surface area contributed by atoms with Crippen LogP contribution in [0.4, 0.5) is 0 Å². The molecule has 0 aromatic carbocycles. The smallest absolute Gasteiger partial charge is 0.306 e. The van der Waals surface area contributed by atoms with Crippen molar-refractivity contribution in [2.24, 2.45) is 0 Å². The Bertz CT molecular complexity index is 1230. The van der Waals surface area contributed by atoms with E-state index in [0.29, 0.717) is 25.7 Å². The van der Waals surface area contributed by atoms with Crippen molar-refractivity contribution in [2.45, 2.75) is 412 Å². The van der Waals surface area contributed by atoms with E-state index in [4.69, 9.17) is 18.9 Å². The highest BCUT2D eigenvalue weighted by Gasteiger charge is 2.38. The van der Waals surface area contributed by atoms with Gasteiger partial charge < -0.3 is 29.2 Å². The molecule has 0 aliphatic carbocycles. The topological polar surface area (TPSA) is 146 Å². The fraction of sp³-hybridized carbons (Fsp3) is 0.943. The molecule has 0 bridgehead atoms. The monoisotopic (exact) mass is 1130 g/mol. The molecule has 0 radical (unpaired) electrons. The summed E-state index contributed by atoms with van der Waals surface area (Å²) >= 11 is 0. The molecule has 474 valence electrons. The molecule has 2 N–H and O–H groups in total. The first-order valence-electron chi connectivity index (χ1n) is 35.3. The van der Waals surface area contributed by atoms with Gasteiger partial charge in [0.15, 0.2) is 12.2 Å². The van der Waals surface area contributed by atoms with Gasteiger partial charge in [-0.05, 0) is 25.7 Å². The van der Waals surface area contributed by atoms with Crippen LogP contribution in [0.15, 0.2) is 0 Å². The average Bonchev–Trinajstić information content (AvgIpc) is 3.47. The van der Waals surface area contributed by atoms with Crippen molar-refractivity contribution in [2.75, 3.05) is 13.2 Å². The summed E-state index contributed by atoms with van der Waals surface area (Å²) in [7, 11) is 0. The lowest BCUT2D eigenvalue weighted by molar-refractivity contribution is -0.188. The quantitative estimate of drug-likeness (QED) is 0.0343. The van der Waals surface area contributed by atoms with Gasteiger partial charge in [-0.3, -0.25) is 19.2 Å². The van der Waals surface area contributed by atoms with E-state index in [1.165, 1.54) is 231 Å². The minimum absolute atomic E-state index is 0.123. The van der Waals surface area contributed by atoms with E-state index in [-0.39, 0.29) is 25.7 Å². The van der Waals surface area contributed by atoms with Crippen molar-refractivity contribution in [3.63, 3.8) is 0 Å². The number of carbonyl (C=O) groups is 4. The van der Waals surface area contributed by atoms with Gasteiger partial charge in [-0.15, -0.1) is 0 Å². The molecule has 0 aliphatic rings. The van der Waals surface area contributed by atoms with Crippen molar-refractivity contribution in [3.8, 4) is 0 Å². The van der Waals surface area contributed by atoms with Crippen molar-refractivity contribution >= 4 is 23.9 Å². The van der Waals surface area contributed by atoms with Crippen molar-refractivity contribution in [1.82, 2.24) is 0 Å². The van der Waals surface area contributed by atoms with Gasteiger partial charge in [0.1, 0.15) is 25.4 Å². The highest BCUT2D eigenvalue weighted by atomic mass is 16.6.